The van der Waals surface area contributed by atoms with E-state index in [1.807, 2.05) is 0 Å². The van der Waals surface area contributed by atoms with Gasteiger partial charge in [0.15, 0.2) is 0 Å². The standard InChI is InChI=1S/C12H15FN2/c1-3-12(11(8-14)9(2)13)15-10-6-4-5-7-10/h3,10,15H,1-2,4-7H2/b12-11+. The summed E-state index contributed by atoms with van der Waals surface area (Å²) in [6, 6.07) is 2.13. The first-order valence-electron chi connectivity index (χ1n) is 5.07. The number of nitriles is 1. The lowest BCUT2D eigenvalue weighted by Crippen LogP contribution is -2.25. The summed E-state index contributed by atoms with van der Waals surface area (Å²) in [5, 5.41) is 11.9. The van der Waals surface area contributed by atoms with Crippen molar-refractivity contribution in [2.45, 2.75) is 31.7 Å². The maximum atomic E-state index is 12.9. The molecule has 1 aliphatic carbocycles. The molecule has 1 N–H and O–H groups in total. The van der Waals surface area contributed by atoms with E-state index in [0.717, 1.165) is 12.8 Å². The summed E-state index contributed by atoms with van der Waals surface area (Å²) in [6.07, 6.45) is 5.96. The Hall–Kier alpha value is -1.56. The second-order valence-electron chi connectivity index (χ2n) is 3.64. The van der Waals surface area contributed by atoms with Crippen LogP contribution in [0.4, 0.5) is 4.39 Å². The van der Waals surface area contributed by atoms with E-state index in [-0.39, 0.29) is 5.57 Å². The smallest absolute Gasteiger partial charge is 0.135 e. The molecule has 0 saturated heterocycles. The van der Waals surface area contributed by atoms with Crippen LogP contribution in [0.1, 0.15) is 25.7 Å². The SMILES string of the molecule is C=C/C(NC1CCCC1)=C(/C#N)C(=C)F. The lowest BCUT2D eigenvalue weighted by atomic mass is 10.1. The molecule has 0 aromatic carbocycles. The maximum Gasteiger partial charge on any atom is 0.135 e. The fourth-order valence-electron chi connectivity index (χ4n) is 1.79. The highest BCUT2D eigenvalue weighted by Crippen LogP contribution is 2.21. The lowest BCUT2D eigenvalue weighted by molar-refractivity contribution is 0.585. The maximum absolute atomic E-state index is 12.9. The zero-order chi connectivity index (χ0) is 11.3. The molecule has 0 bridgehead atoms. The molecular formula is C12H15FN2. The predicted octanol–water partition coefficient (Wildman–Crippen LogP) is 2.97. The second kappa shape index (κ2) is 5.35. The molecule has 0 aromatic rings. The van der Waals surface area contributed by atoms with E-state index in [2.05, 4.69) is 18.5 Å². The van der Waals surface area contributed by atoms with Crippen molar-refractivity contribution in [3.8, 4) is 6.07 Å². The number of rotatable bonds is 4. The van der Waals surface area contributed by atoms with E-state index < -0.39 is 5.83 Å². The summed E-state index contributed by atoms with van der Waals surface area (Å²) >= 11 is 0. The van der Waals surface area contributed by atoms with Gasteiger partial charge in [-0.25, -0.2) is 4.39 Å². The Morgan fingerprint density at radius 1 is 1.47 bits per heavy atom. The molecule has 3 heteroatoms. The van der Waals surface area contributed by atoms with Gasteiger partial charge in [0, 0.05) is 6.04 Å². The zero-order valence-electron chi connectivity index (χ0n) is 8.72. The molecule has 0 atom stereocenters. The van der Waals surface area contributed by atoms with Crippen molar-refractivity contribution in [3.05, 3.63) is 36.3 Å². The van der Waals surface area contributed by atoms with Gasteiger partial charge >= 0.3 is 0 Å². The van der Waals surface area contributed by atoms with Crippen LogP contribution >= 0.6 is 0 Å². The molecule has 1 rings (SSSR count). The molecule has 0 aliphatic heterocycles. The quantitative estimate of drug-likeness (QED) is 0.567. The van der Waals surface area contributed by atoms with Gasteiger partial charge < -0.3 is 5.32 Å². The highest BCUT2D eigenvalue weighted by Gasteiger charge is 2.17. The molecule has 0 heterocycles. The van der Waals surface area contributed by atoms with Crippen LogP contribution in [0, 0.1) is 11.3 Å². The fraction of sp³-hybridized carbons (Fsp3) is 0.417. The summed E-state index contributed by atoms with van der Waals surface area (Å²) in [5.41, 5.74) is 0.411. The molecule has 0 spiro atoms. The molecule has 0 unspecified atom stereocenters. The predicted molar refractivity (Wildman–Crippen MR) is 58.5 cm³/mol. The van der Waals surface area contributed by atoms with Gasteiger partial charge in [-0.05, 0) is 18.9 Å². The van der Waals surface area contributed by atoms with Gasteiger partial charge in [0.25, 0.3) is 0 Å². The number of hydrogen-bond acceptors (Lipinski definition) is 2. The average molecular weight is 206 g/mol. The summed E-state index contributed by atoms with van der Waals surface area (Å²) in [5.74, 6) is -0.710. The Morgan fingerprint density at radius 3 is 2.47 bits per heavy atom. The van der Waals surface area contributed by atoms with Gasteiger partial charge in [-0.15, -0.1) is 0 Å². The van der Waals surface area contributed by atoms with Crippen LogP contribution in [0.5, 0.6) is 0 Å². The number of nitrogens with zero attached hydrogens (tertiary/aromatic N) is 1. The Bertz CT molecular complexity index is 330. The van der Waals surface area contributed by atoms with Crippen molar-refractivity contribution in [1.29, 1.82) is 5.26 Å². The van der Waals surface area contributed by atoms with E-state index in [9.17, 15) is 4.39 Å². The van der Waals surface area contributed by atoms with Crippen LogP contribution in [-0.4, -0.2) is 6.04 Å². The number of halogens is 1. The Morgan fingerprint density at radius 2 is 2.07 bits per heavy atom. The van der Waals surface area contributed by atoms with Crippen LogP contribution in [0.2, 0.25) is 0 Å². The zero-order valence-corrected chi connectivity index (χ0v) is 8.72. The molecule has 80 valence electrons. The van der Waals surface area contributed by atoms with Gasteiger partial charge in [0.2, 0.25) is 0 Å². The lowest BCUT2D eigenvalue weighted by Gasteiger charge is -2.15. The fourth-order valence-corrected chi connectivity index (χ4v) is 1.79. The van der Waals surface area contributed by atoms with E-state index in [4.69, 9.17) is 5.26 Å². The molecule has 1 fully saturated rings. The molecular weight excluding hydrogens is 191 g/mol. The molecule has 1 aliphatic rings. The third-order valence-electron chi connectivity index (χ3n) is 2.57. The molecule has 0 radical (unpaired) electrons. The van der Waals surface area contributed by atoms with Crippen molar-refractivity contribution in [1.82, 2.24) is 5.32 Å². The number of nitrogens with one attached hydrogen (secondary N) is 1. The minimum absolute atomic E-state index is 0.0445. The van der Waals surface area contributed by atoms with Crippen LogP contribution in [0.15, 0.2) is 36.3 Å². The minimum Gasteiger partial charge on any atom is -0.381 e. The first-order valence-corrected chi connectivity index (χ1v) is 5.07. The molecule has 2 nitrogen and oxygen atoms in total. The van der Waals surface area contributed by atoms with E-state index >= 15 is 0 Å². The van der Waals surface area contributed by atoms with Gasteiger partial charge in [-0.1, -0.05) is 26.0 Å². The summed E-state index contributed by atoms with van der Waals surface area (Å²) in [6.45, 7) is 6.71. The van der Waals surface area contributed by atoms with E-state index in [1.54, 1.807) is 6.07 Å². The highest BCUT2D eigenvalue weighted by atomic mass is 19.1. The van der Waals surface area contributed by atoms with Gasteiger partial charge in [0.05, 0.1) is 5.70 Å². The van der Waals surface area contributed by atoms with Crippen molar-refractivity contribution in [2.75, 3.05) is 0 Å². The Kier molecular flexibility index (Phi) is 4.11. The van der Waals surface area contributed by atoms with Crippen LogP contribution < -0.4 is 5.32 Å². The third kappa shape index (κ3) is 2.95. The van der Waals surface area contributed by atoms with Crippen LogP contribution in [-0.2, 0) is 0 Å². The third-order valence-corrected chi connectivity index (χ3v) is 2.57. The molecule has 0 aromatic heterocycles. The summed E-state index contributed by atoms with van der Waals surface area (Å²) < 4.78 is 12.9. The number of allylic oxidation sites excluding steroid dienone is 3. The van der Waals surface area contributed by atoms with Crippen molar-refractivity contribution < 1.29 is 4.39 Å². The molecule has 0 amide bonds. The highest BCUT2D eigenvalue weighted by molar-refractivity contribution is 5.44. The van der Waals surface area contributed by atoms with Crippen LogP contribution in [0.25, 0.3) is 0 Å². The number of hydrogen-bond donors (Lipinski definition) is 1. The van der Waals surface area contributed by atoms with E-state index in [0.29, 0.717) is 11.7 Å². The summed E-state index contributed by atoms with van der Waals surface area (Å²) in [4.78, 5) is 0. The summed E-state index contributed by atoms with van der Waals surface area (Å²) in [7, 11) is 0. The molecule has 15 heavy (non-hydrogen) atoms. The Labute approximate surface area is 89.8 Å². The van der Waals surface area contributed by atoms with Crippen LogP contribution in [0.3, 0.4) is 0 Å². The van der Waals surface area contributed by atoms with Gasteiger partial charge in [0.1, 0.15) is 17.5 Å². The largest absolute Gasteiger partial charge is 0.381 e. The molecule has 1 saturated carbocycles. The van der Waals surface area contributed by atoms with Crippen molar-refractivity contribution in [2.24, 2.45) is 0 Å². The van der Waals surface area contributed by atoms with Gasteiger partial charge in [-0.3, -0.25) is 0 Å². The topological polar surface area (TPSA) is 35.8 Å². The van der Waals surface area contributed by atoms with Crippen molar-refractivity contribution >= 4 is 0 Å². The Balaban J connectivity index is 2.81. The van der Waals surface area contributed by atoms with E-state index in [1.165, 1.54) is 18.9 Å². The van der Waals surface area contributed by atoms with Gasteiger partial charge in [-0.2, -0.15) is 5.26 Å². The first-order chi connectivity index (χ1) is 7.19. The minimum atomic E-state index is -0.710. The first kappa shape index (κ1) is 11.5. The normalized spacial score (nSPS) is 17.9. The monoisotopic (exact) mass is 206 g/mol. The van der Waals surface area contributed by atoms with Crippen molar-refractivity contribution in [3.63, 3.8) is 0 Å². The second-order valence-corrected chi connectivity index (χ2v) is 3.64. The average Bonchev–Trinajstić information content (AvgIpc) is 2.69.